The number of sulfone groups is 1. The minimum atomic E-state index is -3.76. The Labute approximate surface area is 177 Å². The molecule has 0 saturated carbocycles. The average molecular weight is 434 g/mol. The minimum absolute atomic E-state index is 0.0264. The zero-order chi connectivity index (χ0) is 22.0. The molecular formula is C22H15FN4O3S. The molecule has 0 aliphatic rings. The molecule has 0 atom stereocenters. The quantitative estimate of drug-likeness (QED) is 0.472. The summed E-state index contributed by atoms with van der Waals surface area (Å²) in [5.74, 6) is -0.574. The van der Waals surface area contributed by atoms with E-state index in [9.17, 15) is 12.8 Å². The van der Waals surface area contributed by atoms with Crippen LogP contribution in [-0.2, 0) is 15.6 Å². The molecule has 2 aromatic carbocycles. The van der Waals surface area contributed by atoms with Crippen LogP contribution in [-0.4, -0.2) is 30.5 Å². The second-order valence-corrected chi connectivity index (χ2v) is 8.64. The zero-order valence-corrected chi connectivity index (χ0v) is 17.1. The van der Waals surface area contributed by atoms with E-state index >= 15 is 0 Å². The van der Waals surface area contributed by atoms with Gasteiger partial charge in [-0.25, -0.2) is 22.8 Å². The maximum atomic E-state index is 14.6. The molecule has 0 amide bonds. The number of aromatic nitrogens is 3. The predicted octanol–water partition coefficient (Wildman–Crippen LogP) is 3.69. The third-order valence-corrected chi connectivity index (χ3v) is 6.38. The smallest absolute Gasteiger partial charge is 0.184 e. The molecular weight excluding hydrogens is 419 g/mol. The lowest BCUT2D eigenvalue weighted by Gasteiger charge is -2.12. The SMILES string of the molecule is COc1cc(C#N)ccc1-c1ncc(F)c2cc(S(=O)(=O)Cc3ccncn3)ccc12. The highest BCUT2D eigenvalue weighted by molar-refractivity contribution is 7.90. The largest absolute Gasteiger partial charge is 0.496 e. The van der Waals surface area contributed by atoms with E-state index < -0.39 is 15.7 Å². The summed E-state index contributed by atoms with van der Waals surface area (Å²) in [6.07, 6.45) is 3.77. The van der Waals surface area contributed by atoms with Crippen LogP contribution in [0.5, 0.6) is 5.75 Å². The van der Waals surface area contributed by atoms with Crippen LogP contribution >= 0.6 is 0 Å². The first-order valence-corrected chi connectivity index (χ1v) is 10.7. The molecule has 4 rings (SSSR count). The molecule has 2 aromatic heterocycles. The number of benzene rings is 2. The lowest BCUT2D eigenvalue weighted by molar-refractivity contribution is 0.416. The van der Waals surface area contributed by atoms with Crippen LogP contribution in [0.2, 0.25) is 0 Å². The Bertz CT molecular complexity index is 1430. The van der Waals surface area contributed by atoms with E-state index in [1.165, 1.54) is 43.9 Å². The van der Waals surface area contributed by atoms with E-state index in [0.717, 1.165) is 6.20 Å². The minimum Gasteiger partial charge on any atom is -0.496 e. The molecule has 0 saturated heterocycles. The van der Waals surface area contributed by atoms with E-state index in [2.05, 4.69) is 15.0 Å². The number of nitrogens with zero attached hydrogens (tertiary/aromatic N) is 4. The van der Waals surface area contributed by atoms with Crippen LogP contribution in [0.15, 0.2) is 66.1 Å². The number of rotatable bonds is 5. The summed E-state index contributed by atoms with van der Waals surface area (Å²) in [6, 6.07) is 12.6. The molecule has 2 heterocycles. The highest BCUT2D eigenvalue weighted by atomic mass is 32.2. The van der Waals surface area contributed by atoms with Crippen molar-refractivity contribution in [2.75, 3.05) is 7.11 Å². The third kappa shape index (κ3) is 3.93. The van der Waals surface area contributed by atoms with Crippen LogP contribution in [0.25, 0.3) is 22.0 Å². The van der Waals surface area contributed by atoms with Gasteiger partial charge in [-0.15, -0.1) is 0 Å². The molecule has 0 aliphatic carbocycles. The van der Waals surface area contributed by atoms with Crippen LogP contribution < -0.4 is 4.74 Å². The first kappa shape index (κ1) is 20.4. The Morgan fingerprint density at radius 1 is 1.10 bits per heavy atom. The number of methoxy groups -OCH3 is 1. The van der Waals surface area contributed by atoms with Crippen molar-refractivity contribution in [2.24, 2.45) is 0 Å². The van der Waals surface area contributed by atoms with E-state index in [4.69, 9.17) is 10.00 Å². The normalized spacial score (nSPS) is 11.3. The number of pyridine rings is 1. The topological polar surface area (TPSA) is 106 Å². The van der Waals surface area contributed by atoms with Gasteiger partial charge in [0.2, 0.25) is 0 Å². The molecule has 7 nitrogen and oxygen atoms in total. The number of hydrogen-bond acceptors (Lipinski definition) is 7. The van der Waals surface area contributed by atoms with E-state index in [1.807, 2.05) is 6.07 Å². The Balaban J connectivity index is 1.84. The fraction of sp³-hybridized carbons (Fsp3) is 0.0909. The second-order valence-electron chi connectivity index (χ2n) is 6.65. The number of fused-ring (bicyclic) bond motifs is 1. The second kappa shape index (κ2) is 8.08. The standard InChI is InChI=1S/C22H15FN4O3S/c1-30-21-8-14(10-24)2-4-18(21)22-17-5-3-16(9-19(17)20(23)11-26-22)31(28,29)12-15-6-7-25-13-27-15/h2-9,11,13H,12H2,1H3. The van der Waals surface area contributed by atoms with Crippen molar-refractivity contribution in [2.45, 2.75) is 10.6 Å². The van der Waals surface area contributed by atoms with Gasteiger partial charge in [0, 0.05) is 22.5 Å². The van der Waals surface area contributed by atoms with Crippen molar-refractivity contribution >= 4 is 20.6 Å². The van der Waals surface area contributed by atoms with Gasteiger partial charge in [0.15, 0.2) is 9.84 Å². The Kier molecular flexibility index (Phi) is 5.31. The van der Waals surface area contributed by atoms with Gasteiger partial charge in [0.05, 0.1) is 47.0 Å². The summed E-state index contributed by atoms with van der Waals surface area (Å²) < 4.78 is 45.7. The molecule has 0 bridgehead atoms. The summed E-state index contributed by atoms with van der Waals surface area (Å²) in [7, 11) is -2.30. The van der Waals surface area contributed by atoms with Crippen molar-refractivity contribution < 1.29 is 17.5 Å². The fourth-order valence-corrected chi connectivity index (χ4v) is 4.53. The van der Waals surface area contributed by atoms with Gasteiger partial charge >= 0.3 is 0 Å². The predicted molar refractivity (Wildman–Crippen MR) is 111 cm³/mol. The molecule has 0 fully saturated rings. The van der Waals surface area contributed by atoms with E-state index in [-0.39, 0.29) is 16.0 Å². The third-order valence-electron chi connectivity index (χ3n) is 4.74. The van der Waals surface area contributed by atoms with Gasteiger partial charge in [-0.3, -0.25) is 4.98 Å². The van der Waals surface area contributed by atoms with Crippen molar-refractivity contribution in [3.63, 3.8) is 0 Å². The van der Waals surface area contributed by atoms with E-state index in [1.54, 1.807) is 18.2 Å². The summed E-state index contributed by atoms with van der Waals surface area (Å²) in [5.41, 5.74) is 1.72. The maximum Gasteiger partial charge on any atom is 0.184 e. The van der Waals surface area contributed by atoms with Crippen molar-refractivity contribution in [3.8, 4) is 23.1 Å². The summed E-state index contributed by atoms with van der Waals surface area (Å²) in [6.45, 7) is 0. The zero-order valence-electron chi connectivity index (χ0n) is 16.3. The van der Waals surface area contributed by atoms with Gasteiger partial charge in [-0.1, -0.05) is 6.07 Å². The number of hydrogen-bond donors (Lipinski definition) is 0. The van der Waals surface area contributed by atoms with Gasteiger partial charge < -0.3 is 4.74 Å². The van der Waals surface area contributed by atoms with Gasteiger partial charge in [-0.2, -0.15) is 5.26 Å². The lowest BCUT2D eigenvalue weighted by atomic mass is 10.0. The summed E-state index contributed by atoms with van der Waals surface area (Å²) >= 11 is 0. The van der Waals surface area contributed by atoms with Crippen LogP contribution in [0.4, 0.5) is 4.39 Å². The first-order valence-electron chi connectivity index (χ1n) is 9.07. The molecule has 0 radical (unpaired) electrons. The van der Waals surface area contributed by atoms with Crippen molar-refractivity contribution in [3.05, 3.63) is 78.3 Å². The molecule has 0 aliphatic heterocycles. The number of ether oxygens (including phenoxy) is 1. The lowest BCUT2D eigenvalue weighted by Crippen LogP contribution is -2.07. The first-order chi connectivity index (χ1) is 14.9. The number of halogens is 1. The van der Waals surface area contributed by atoms with Gasteiger partial charge in [-0.05, 0) is 36.4 Å². The molecule has 31 heavy (non-hydrogen) atoms. The molecule has 4 aromatic rings. The maximum absolute atomic E-state index is 14.6. The highest BCUT2D eigenvalue weighted by Gasteiger charge is 2.20. The molecule has 0 unspecified atom stereocenters. The molecule has 0 N–H and O–H groups in total. The van der Waals surface area contributed by atoms with Crippen molar-refractivity contribution in [1.82, 2.24) is 15.0 Å². The van der Waals surface area contributed by atoms with Crippen molar-refractivity contribution in [1.29, 1.82) is 5.26 Å². The highest BCUT2D eigenvalue weighted by Crippen LogP contribution is 2.36. The average Bonchev–Trinajstić information content (AvgIpc) is 2.79. The van der Waals surface area contributed by atoms with Crippen LogP contribution in [0.3, 0.4) is 0 Å². The molecule has 0 spiro atoms. The summed E-state index contributed by atoms with van der Waals surface area (Å²) in [5, 5.41) is 9.64. The van der Waals surface area contributed by atoms with Crippen LogP contribution in [0.1, 0.15) is 11.3 Å². The molecule has 154 valence electrons. The monoisotopic (exact) mass is 434 g/mol. The van der Waals surface area contributed by atoms with Crippen LogP contribution in [0, 0.1) is 17.1 Å². The Morgan fingerprint density at radius 2 is 1.94 bits per heavy atom. The Hall–Kier alpha value is -3.90. The fourth-order valence-electron chi connectivity index (χ4n) is 3.23. The van der Waals surface area contributed by atoms with Gasteiger partial charge in [0.25, 0.3) is 0 Å². The van der Waals surface area contributed by atoms with E-state index in [0.29, 0.717) is 33.7 Å². The molecule has 9 heteroatoms. The Morgan fingerprint density at radius 3 is 2.65 bits per heavy atom. The summed E-state index contributed by atoms with van der Waals surface area (Å²) in [4.78, 5) is 11.9. The van der Waals surface area contributed by atoms with Gasteiger partial charge in [0.1, 0.15) is 17.9 Å². The number of nitriles is 1.